The Morgan fingerprint density at radius 1 is 1.44 bits per heavy atom. The van der Waals surface area contributed by atoms with Crippen molar-refractivity contribution in [2.45, 2.75) is 32.3 Å². The fourth-order valence-electron chi connectivity index (χ4n) is 1.51. The van der Waals surface area contributed by atoms with Crippen molar-refractivity contribution in [2.24, 2.45) is 0 Å². The highest BCUT2D eigenvalue weighted by Gasteiger charge is 2.23. The van der Waals surface area contributed by atoms with Gasteiger partial charge in [0.2, 0.25) is 0 Å². The standard InChI is InChI=1S/C13H17ClFNO2/c1-3-13(18,4-2)8-16-12(17)10-6-5-9(14)7-11(10)15/h5-7,18H,3-4,8H2,1-2H3,(H,16,17). The first-order valence-corrected chi connectivity index (χ1v) is 6.25. The zero-order chi connectivity index (χ0) is 13.8. The highest BCUT2D eigenvalue weighted by Crippen LogP contribution is 2.16. The van der Waals surface area contributed by atoms with Gasteiger partial charge in [0.1, 0.15) is 5.82 Å². The first kappa shape index (κ1) is 14.9. The summed E-state index contributed by atoms with van der Waals surface area (Å²) in [6.07, 6.45) is 1.04. The summed E-state index contributed by atoms with van der Waals surface area (Å²) in [5.41, 5.74) is -1.02. The molecule has 0 radical (unpaired) electrons. The summed E-state index contributed by atoms with van der Waals surface area (Å²) in [4.78, 5) is 11.8. The number of hydrogen-bond acceptors (Lipinski definition) is 2. The van der Waals surface area contributed by atoms with E-state index in [1.165, 1.54) is 12.1 Å². The fourth-order valence-corrected chi connectivity index (χ4v) is 1.67. The van der Waals surface area contributed by atoms with Crippen LogP contribution in [-0.2, 0) is 0 Å². The summed E-state index contributed by atoms with van der Waals surface area (Å²) in [5.74, 6) is -1.22. The van der Waals surface area contributed by atoms with Gasteiger partial charge in [-0.2, -0.15) is 0 Å². The van der Waals surface area contributed by atoms with Gasteiger partial charge in [0.05, 0.1) is 11.2 Å². The van der Waals surface area contributed by atoms with Crippen molar-refractivity contribution in [1.82, 2.24) is 5.32 Å². The van der Waals surface area contributed by atoms with Gasteiger partial charge < -0.3 is 10.4 Å². The van der Waals surface area contributed by atoms with Gasteiger partial charge in [-0.05, 0) is 31.0 Å². The molecule has 0 saturated carbocycles. The second-order valence-corrected chi connectivity index (χ2v) is 4.67. The van der Waals surface area contributed by atoms with Crippen LogP contribution in [0.3, 0.4) is 0 Å². The molecule has 1 rings (SSSR count). The molecule has 2 N–H and O–H groups in total. The van der Waals surface area contributed by atoms with Gasteiger partial charge in [0.15, 0.2) is 0 Å². The van der Waals surface area contributed by atoms with Crippen LogP contribution in [0.4, 0.5) is 4.39 Å². The van der Waals surface area contributed by atoms with E-state index in [2.05, 4.69) is 5.32 Å². The summed E-state index contributed by atoms with van der Waals surface area (Å²) in [7, 11) is 0. The quantitative estimate of drug-likeness (QED) is 0.867. The van der Waals surface area contributed by atoms with E-state index in [1.54, 1.807) is 0 Å². The number of hydrogen-bond donors (Lipinski definition) is 2. The highest BCUT2D eigenvalue weighted by atomic mass is 35.5. The lowest BCUT2D eigenvalue weighted by Crippen LogP contribution is -2.42. The Labute approximate surface area is 111 Å². The third-order valence-electron chi connectivity index (χ3n) is 3.07. The lowest BCUT2D eigenvalue weighted by atomic mass is 9.97. The van der Waals surface area contributed by atoms with E-state index in [0.29, 0.717) is 12.8 Å². The molecule has 0 aromatic heterocycles. The van der Waals surface area contributed by atoms with E-state index >= 15 is 0 Å². The summed E-state index contributed by atoms with van der Waals surface area (Å²) < 4.78 is 13.5. The predicted octanol–water partition coefficient (Wildman–Crippen LogP) is 2.76. The molecule has 0 aliphatic carbocycles. The Morgan fingerprint density at radius 3 is 2.56 bits per heavy atom. The summed E-state index contributed by atoms with van der Waals surface area (Å²) in [6.45, 7) is 3.76. The third-order valence-corrected chi connectivity index (χ3v) is 3.31. The number of carbonyl (C=O) groups excluding carboxylic acids is 1. The molecule has 0 heterocycles. The van der Waals surface area contributed by atoms with Crippen LogP contribution in [0.2, 0.25) is 5.02 Å². The van der Waals surface area contributed by atoms with Crippen molar-refractivity contribution in [1.29, 1.82) is 0 Å². The highest BCUT2D eigenvalue weighted by molar-refractivity contribution is 6.30. The molecule has 1 aromatic carbocycles. The van der Waals surface area contributed by atoms with Crippen molar-refractivity contribution in [3.63, 3.8) is 0 Å². The second kappa shape index (κ2) is 6.16. The van der Waals surface area contributed by atoms with Crippen molar-refractivity contribution >= 4 is 17.5 Å². The smallest absolute Gasteiger partial charge is 0.254 e. The molecule has 18 heavy (non-hydrogen) atoms. The Morgan fingerprint density at radius 2 is 2.06 bits per heavy atom. The monoisotopic (exact) mass is 273 g/mol. The Balaban J connectivity index is 2.71. The van der Waals surface area contributed by atoms with Gasteiger partial charge in [0.25, 0.3) is 5.91 Å². The molecule has 0 aliphatic rings. The largest absolute Gasteiger partial charge is 0.388 e. The zero-order valence-corrected chi connectivity index (χ0v) is 11.2. The number of aliphatic hydroxyl groups is 1. The van der Waals surface area contributed by atoms with Gasteiger partial charge in [-0.3, -0.25) is 4.79 Å². The average Bonchev–Trinajstić information content (AvgIpc) is 2.35. The second-order valence-electron chi connectivity index (χ2n) is 4.24. The molecule has 0 spiro atoms. The number of halogens is 2. The molecular weight excluding hydrogens is 257 g/mol. The number of amides is 1. The van der Waals surface area contributed by atoms with Gasteiger partial charge >= 0.3 is 0 Å². The molecule has 5 heteroatoms. The normalized spacial score (nSPS) is 11.4. The summed E-state index contributed by atoms with van der Waals surface area (Å²) in [5, 5.41) is 12.8. The summed E-state index contributed by atoms with van der Waals surface area (Å²) >= 11 is 5.60. The van der Waals surface area contributed by atoms with Crippen LogP contribution in [-0.4, -0.2) is 23.2 Å². The van der Waals surface area contributed by atoms with E-state index in [-0.39, 0.29) is 17.1 Å². The SMILES string of the molecule is CCC(O)(CC)CNC(=O)c1ccc(Cl)cc1F. The number of carbonyl (C=O) groups is 1. The maximum atomic E-state index is 13.5. The van der Waals surface area contributed by atoms with Crippen LogP contribution in [0.15, 0.2) is 18.2 Å². The van der Waals surface area contributed by atoms with Gasteiger partial charge in [-0.15, -0.1) is 0 Å². The van der Waals surface area contributed by atoms with Crippen molar-refractivity contribution in [3.8, 4) is 0 Å². The van der Waals surface area contributed by atoms with Gasteiger partial charge in [-0.1, -0.05) is 25.4 Å². The average molecular weight is 274 g/mol. The maximum Gasteiger partial charge on any atom is 0.254 e. The van der Waals surface area contributed by atoms with E-state index in [9.17, 15) is 14.3 Å². The topological polar surface area (TPSA) is 49.3 Å². The molecule has 1 aromatic rings. The van der Waals surface area contributed by atoms with Gasteiger partial charge in [-0.25, -0.2) is 4.39 Å². The maximum absolute atomic E-state index is 13.5. The van der Waals surface area contributed by atoms with Crippen LogP contribution < -0.4 is 5.32 Å². The van der Waals surface area contributed by atoms with Crippen LogP contribution in [0.5, 0.6) is 0 Å². The first-order chi connectivity index (χ1) is 8.41. The molecular formula is C13H17ClFNO2. The fraction of sp³-hybridized carbons (Fsp3) is 0.462. The van der Waals surface area contributed by atoms with Crippen molar-refractivity contribution in [3.05, 3.63) is 34.6 Å². The lowest BCUT2D eigenvalue weighted by molar-refractivity contribution is 0.0313. The van der Waals surface area contributed by atoms with Crippen LogP contribution in [0.25, 0.3) is 0 Å². The molecule has 1 amide bonds. The third kappa shape index (κ3) is 3.68. The van der Waals surface area contributed by atoms with Crippen LogP contribution >= 0.6 is 11.6 Å². The minimum absolute atomic E-state index is 0.0750. The van der Waals surface area contributed by atoms with Crippen molar-refractivity contribution in [2.75, 3.05) is 6.54 Å². The first-order valence-electron chi connectivity index (χ1n) is 5.87. The molecule has 0 fully saturated rings. The molecule has 0 aliphatic heterocycles. The molecule has 0 atom stereocenters. The van der Waals surface area contributed by atoms with Crippen LogP contribution in [0, 0.1) is 5.82 Å². The van der Waals surface area contributed by atoms with E-state index in [4.69, 9.17) is 11.6 Å². The molecule has 3 nitrogen and oxygen atoms in total. The summed E-state index contributed by atoms with van der Waals surface area (Å²) in [6, 6.07) is 3.86. The lowest BCUT2D eigenvalue weighted by Gasteiger charge is -2.25. The van der Waals surface area contributed by atoms with E-state index in [1.807, 2.05) is 13.8 Å². The predicted molar refractivity (Wildman–Crippen MR) is 69.3 cm³/mol. The van der Waals surface area contributed by atoms with E-state index < -0.39 is 17.3 Å². The Bertz CT molecular complexity index is 433. The molecule has 0 saturated heterocycles. The Hall–Kier alpha value is -1.13. The zero-order valence-electron chi connectivity index (χ0n) is 10.5. The number of benzene rings is 1. The number of nitrogens with one attached hydrogen (secondary N) is 1. The molecule has 0 unspecified atom stereocenters. The van der Waals surface area contributed by atoms with Crippen molar-refractivity contribution < 1.29 is 14.3 Å². The molecule has 0 bridgehead atoms. The minimum atomic E-state index is -0.946. The Kier molecular flexibility index (Phi) is 5.11. The minimum Gasteiger partial charge on any atom is -0.388 e. The van der Waals surface area contributed by atoms with Gasteiger partial charge in [0, 0.05) is 11.6 Å². The number of rotatable bonds is 5. The molecule has 100 valence electrons. The van der Waals surface area contributed by atoms with E-state index in [0.717, 1.165) is 6.07 Å². The van der Waals surface area contributed by atoms with Crippen LogP contribution in [0.1, 0.15) is 37.0 Å².